The van der Waals surface area contributed by atoms with E-state index in [0.29, 0.717) is 0 Å². The Morgan fingerprint density at radius 2 is 2.04 bits per heavy atom. The number of aliphatic hydroxyl groups excluding tert-OH is 1. The van der Waals surface area contributed by atoms with Crippen LogP contribution in [-0.2, 0) is 14.3 Å². The van der Waals surface area contributed by atoms with Gasteiger partial charge in [-0.3, -0.25) is 4.90 Å². The first kappa shape index (κ1) is 20.2. The number of allylic oxidation sites excluding steroid dienone is 1. The summed E-state index contributed by atoms with van der Waals surface area (Å²) in [5.41, 5.74) is -2.30. The van der Waals surface area contributed by atoms with Gasteiger partial charge in [0.05, 0.1) is 6.61 Å². The van der Waals surface area contributed by atoms with Crippen molar-refractivity contribution in [3.05, 3.63) is 24.3 Å². The molecule has 1 heterocycles. The van der Waals surface area contributed by atoms with Crippen molar-refractivity contribution in [3.8, 4) is 0 Å². The standard InChI is InChI=1S/C18H29NO5/c1-6-8-9-11-14(20)18(15(21)23-7-2)12-10-13-19(18)16(22)24-17(3,4)5/h9-12,14,20H,6-8,13H2,1-5H3/b11-9+/t14-,18-/m1/s1. The summed E-state index contributed by atoms with van der Waals surface area (Å²) in [5.74, 6) is -0.668. The minimum atomic E-state index is -1.59. The van der Waals surface area contributed by atoms with Gasteiger partial charge in [-0.15, -0.1) is 0 Å². The fourth-order valence-electron chi connectivity index (χ4n) is 2.46. The lowest BCUT2D eigenvalue weighted by Gasteiger charge is -2.38. The molecule has 1 rings (SSSR count). The zero-order valence-corrected chi connectivity index (χ0v) is 15.2. The lowest BCUT2D eigenvalue weighted by atomic mass is 9.91. The number of hydrogen-bond acceptors (Lipinski definition) is 5. The van der Waals surface area contributed by atoms with E-state index in [9.17, 15) is 14.7 Å². The van der Waals surface area contributed by atoms with Crippen LogP contribution in [-0.4, -0.2) is 52.5 Å². The molecule has 1 aliphatic rings. The predicted octanol–water partition coefficient (Wildman–Crippen LogP) is 2.81. The number of aliphatic hydroxyl groups is 1. The van der Waals surface area contributed by atoms with Crippen LogP contribution in [0.2, 0.25) is 0 Å². The summed E-state index contributed by atoms with van der Waals surface area (Å²) < 4.78 is 10.5. The predicted molar refractivity (Wildman–Crippen MR) is 91.5 cm³/mol. The van der Waals surface area contributed by atoms with E-state index in [2.05, 4.69) is 0 Å². The highest BCUT2D eigenvalue weighted by molar-refractivity contribution is 5.90. The Morgan fingerprint density at radius 1 is 1.38 bits per heavy atom. The second-order valence-corrected chi connectivity index (χ2v) is 6.70. The van der Waals surface area contributed by atoms with E-state index in [4.69, 9.17) is 9.47 Å². The summed E-state index contributed by atoms with van der Waals surface area (Å²) in [6.07, 6.45) is 6.33. The van der Waals surface area contributed by atoms with Gasteiger partial charge in [-0.1, -0.05) is 31.6 Å². The summed E-state index contributed by atoms with van der Waals surface area (Å²) in [6, 6.07) is 0. The molecule has 1 aliphatic heterocycles. The van der Waals surface area contributed by atoms with Crippen molar-refractivity contribution in [3.63, 3.8) is 0 Å². The van der Waals surface area contributed by atoms with E-state index in [1.807, 2.05) is 6.92 Å². The van der Waals surface area contributed by atoms with Crippen LogP contribution < -0.4 is 0 Å². The molecule has 1 N–H and O–H groups in total. The molecule has 0 bridgehead atoms. The molecule has 0 aromatic heterocycles. The highest BCUT2D eigenvalue weighted by atomic mass is 16.6. The third kappa shape index (κ3) is 4.60. The average Bonchev–Trinajstić information content (AvgIpc) is 2.92. The quantitative estimate of drug-likeness (QED) is 0.595. The number of carbonyl (C=O) groups is 2. The van der Waals surface area contributed by atoms with Gasteiger partial charge in [0.1, 0.15) is 11.7 Å². The Morgan fingerprint density at radius 3 is 2.58 bits per heavy atom. The topological polar surface area (TPSA) is 76.1 Å². The molecule has 1 amide bonds. The van der Waals surface area contributed by atoms with Crippen LogP contribution in [0.5, 0.6) is 0 Å². The third-order valence-corrected chi connectivity index (χ3v) is 3.55. The van der Waals surface area contributed by atoms with Gasteiger partial charge in [0, 0.05) is 6.54 Å². The summed E-state index contributed by atoms with van der Waals surface area (Å²) in [5, 5.41) is 10.7. The second-order valence-electron chi connectivity index (χ2n) is 6.70. The lowest BCUT2D eigenvalue weighted by Crippen LogP contribution is -2.61. The van der Waals surface area contributed by atoms with E-state index >= 15 is 0 Å². The SMILES string of the molecule is CCC/C=C/[C@@H](O)[C@@]1(C(=O)OCC)C=CCN1C(=O)OC(C)(C)C. The van der Waals surface area contributed by atoms with E-state index in [0.717, 1.165) is 12.8 Å². The zero-order valence-electron chi connectivity index (χ0n) is 15.2. The van der Waals surface area contributed by atoms with Crippen LogP contribution in [0.3, 0.4) is 0 Å². The van der Waals surface area contributed by atoms with Gasteiger partial charge in [-0.05, 0) is 40.2 Å². The lowest BCUT2D eigenvalue weighted by molar-refractivity contribution is -0.158. The first-order valence-corrected chi connectivity index (χ1v) is 8.39. The van der Waals surface area contributed by atoms with Gasteiger partial charge in [0.15, 0.2) is 5.54 Å². The zero-order chi connectivity index (χ0) is 18.4. The van der Waals surface area contributed by atoms with Crippen LogP contribution in [0.25, 0.3) is 0 Å². The number of hydrogen-bond donors (Lipinski definition) is 1. The maximum atomic E-state index is 12.6. The summed E-state index contributed by atoms with van der Waals surface area (Å²) in [7, 11) is 0. The number of ether oxygens (including phenoxy) is 2. The molecule has 6 heteroatoms. The number of amides is 1. The Bertz CT molecular complexity index is 506. The van der Waals surface area contributed by atoms with E-state index in [1.54, 1.807) is 39.8 Å². The maximum absolute atomic E-state index is 12.6. The molecule has 0 unspecified atom stereocenters. The molecule has 2 atom stereocenters. The molecule has 24 heavy (non-hydrogen) atoms. The number of rotatable bonds is 6. The fraction of sp³-hybridized carbons (Fsp3) is 0.667. The first-order valence-electron chi connectivity index (χ1n) is 8.39. The van der Waals surface area contributed by atoms with Gasteiger partial charge in [0.25, 0.3) is 0 Å². The van der Waals surface area contributed by atoms with Gasteiger partial charge >= 0.3 is 12.1 Å². The largest absolute Gasteiger partial charge is 0.464 e. The number of carbonyl (C=O) groups excluding carboxylic acids is 2. The average molecular weight is 339 g/mol. The first-order chi connectivity index (χ1) is 11.2. The van der Waals surface area contributed by atoms with E-state index < -0.39 is 29.3 Å². The summed E-state index contributed by atoms with van der Waals surface area (Å²) in [6.45, 7) is 9.27. The Balaban J connectivity index is 3.17. The van der Waals surface area contributed by atoms with Crippen LogP contribution in [0.4, 0.5) is 4.79 Å². The van der Waals surface area contributed by atoms with Crippen molar-refractivity contribution in [2.24, 2.45) is 0 Å². The van der Waals surface area contributed by atoms with Gasteiger partial charge in [0.2, 0.25) is 0 Å². The second kappa shape index (κ2) is 8.33. The highest BCUT2D eigenvalue weighted by Crippen LogP contribution is 2.31. The van der Waals surface area contributed by atoms with Crippen molar-refractivity contribution < 1.29 is 24.2 Å². The number of nitrogens with zero attached hydrogens (tertiary/aromatic N) is 1. The molecule has 0 aromatic rings. The van der Waals surface area contributed by atoms with Crippen LogP contribution >= 0.6 is 0 Å². The Kier molecular flexibility index (Phi) is 7.02. The minimum Gasteiger partial charge on any atom is -0.464 e. The van der Waals surface area contributed by atoms with Crippen molar-refractivity contribution >= 4 is 12.1 Å². The maximum Gasteiger partial charge on any atom is 0.411 e. The van der Waals surface area contributed by atoms with Crippen LogP contribution in [0.15, 0.2) is 24.3 Å². The molecule has 0 saturated heterocycles. The van der Waals surface area contributed by atoms with E-state index in [1.165, 1.54) is 17.1 Å². The number of unbranched alkanes of at least 4 members (excludes halogenated alkanes) is 1. The smallest absolute Gasteiger partial charge is 0.411 e. The summed E-state index contributed by atoms with van der Waals surface area (Å²) in [4.78, 5) is 26.4. The molecular weight excluding hydrogens is 310 g/mol. The van der Waals surface area contributed by atoms with Gasteiger partial charge < -0.3 is 14.6 Å². The molecule has 0 saturated carbocycles. The van der Waals surface area contributed by atoms with Crippen LogP contribution in [0.1, 0.15) is 47.5 Å². The fourth-order valence-corrected chi connectivity index (χ4v) is 2.46. The molecule has 0 aromatic carbocycles. The normalized spacial score (nSPS) is 22.0. The van der Waals surface area contributed by atoms with Crippen molar-refractivity contribution in [2.45, 2.75) is 64.7 Å². The monoisotopic (exact) mass is 339 g/mol. The molecule has 0 aliphatic carbocycles. The van der Waals surface area contributed by atoms with Crippen molar-refractivity contribution in [1.29, 1.82) is 0 Å². The molecule has 0 radical (unpaired) electrons. The summed E-state index contributed by atoms with van der Waals surface area (Å²) >= 11 is 0. The molecule has 0 spiro atoms. The minimum absolute atomic E-state index is 0.155. The molecule has 136 valence electrons. The number of esters is 1. The van der Waals surface area contributed by atoms with E-state index in [-0.39, 0.29) is 13.2 Å². The van der Waals surface area contributed by atoms with Gasteiger partial charge in [-0.25, -0.2) is 9.59 Å². The Labute approximate surface area is 144 Å². The van der Waals surface area contributed by atoms with Crippen LogP contribution in [0, 0.1) is 0 Å². The third-order valence-electron chi connectivity index (χ3n) is 3.55. The van der Waals surface area contributed by atoms with Crippen molar-refractivity contribution in [2.75, 3.05) is 13.2 Å². The Hall–Kier alpha value is -1.82. The van der Waals surface area contributed by atoms with Gasteiger partial charge in [-0.2, -0.15) is 0 Å². The molecule has 0 fully saturated rings. The molecular formula is C18H29NO5. The molecule has 6 nitrogen and oxygen atoms in total. The highest BCUT2D eigenvalue weighted by Gasteiger charge is 2.54. The van der Waals surface area contributed by atoms with Crippen molar-refractivity contribution in [1.82, 2.24) is 4.90 Å².